The fourth-order valence-electron chi connectivity index (χ4n) is 3.02. The first-order valence-corrected chi connectivity index (χ1v) is 8.11. The van der Waals surface area contributed by atoms with Crippen LogP contribution in [0.1, 0.15) is 30.0 Å². The molecule has 0 spiro atoms. The first-order valence-electron chi connectivity index (χ1n) is 8.11. The molecular formula is C17H23N5O. The van der Waals surface area contributed by atoms with E-state index in [4.69, 9.17) is 5.11 Å². The predicted molar refractivity (Wildman–Crippen MR) is 89.8 cm³/mol. The number of hydrogen-bond acceptors (Lipinski definition) is 6. The Kier molecular flexibility index (Phi) is 5.15. The average molecular weight is 313 g/mol. The average Bonchev–Trinajstić information content (AvgIpc) is 2.58. The molecule has 0 aliphatic carbocycles. The van der Waals surface area contributed by atoms with Crippen molar-refractivity contribution in [3.63, 3.8) is 0 Å². The lowest BCUT2D eigenvalue weighted by Gasteiger charge is -2.31. The van der Waals surface area contributed by atoms with Gasteiger partial charge in [0.05, 0.1) is 12.3 Å². The number of piperidine rings is 1. The highest BCUT2D eigenvalue weighted by Gasteiger charge is 2.22. The molecule has 23 heavy (non-hydrogen) atoms. The Balaban J connectivity index is 1.73. The summed E-state index contributed by atoms with van der Waals surface area (Å²) in [6.07, 6.45) is 5.82. The van der Waals surface area contributed by atoms with Crippen molar-refractivity contribution in [3.8, 4) is 0 Å². The molecule has 2 N–H and O–H groups in total. The Morgan fingerprint density at radius 2 is 2.22 bits per heavy atom. The van der Waals surface area contributed by atoms with Gasteiger partial charge in [-0.2, -0.15) is 0 Å². The van der Waals surface area contributed by atoms with Crippen LogP contribution in [0.25, 0.3) is 0 Å². The van der Waals surface area contributed by atoms with Crippen LogP contribution in [0.15, 0.2) is 30.6 Å². The van der Waals surface area contributed by atoms with Crippen molar-refractivity contribution in [1.29, 1.82) is 0 Å². The minimum absolute atomic E-state index is 0.211. The number of aliphatic hydroxyl groups excluding tert-OH is 1. The Bertz CT molecular complexity index is 646. The number of aliphatic hydroxyl groups is 1. The summed E-state index contributed by atoms with van der Waals surface area (Å²) >= 11 is 0. The van der Waals surface area contributed by atoms with E-state index < -0.39 is 0 Å². The number of anilines is 2. The van der Waals surface area contributed by atoms with Crippen molar-refractivity contribution in [2.45, 2.75) is 25.7 Å². The van der Waals surface area contributed by atoms with E-state index >= 15 is 0 Å². The zero-order chi connectivity index (χ0) is 16.1. The zero-order valence-electron chi connectivity index (χ0n) is 13.4. The molecule has 0 radical (unpaired) electrons. The number of aryl methyl sites for hydroxylation is 1. The molecule has 1 unspecified atom stereocenters. The lowest BCUT2D eigenvalue weighted by Crippen LogP contribution is -2.36. The van der Waals surface area contributed by atoms with Crippen LogP contribution in [-0.2, 0) is 0 Å². The van der Waals surface area contributed by atoms with Crippen LogP contribution in [0.3, 0.4) is 0 Å². The lowest BCUT2D eigenvalue weighted by molar-refractivity contribution is 0.160. The number of nitrogens with one attached hydrogen (secondary N) is 1. The molecular weight excluding hydrogens is 290 g/mol. The maximum absolute atomic E-state index is 9.13. The number of nitrogens with zero attached hydrogens (tertiary/aromatic N) is 4. The smallest absolute Gasteiger partial charge is 0.228 e. The highest BCUT2D eigenvalue weighted by atomic mass is 16.3. The number of β-amino-alcohol motifs (C(OH)–C–C–N with tert-alkyl or cyclic N) is 1. The molecule has 1 saturated heterocycles. The first kappa shape index (κ1) is 15.8. The van der Waals surface area contributed by atoms with Gasteiger partial charge in [-0.1, -0.05) is 6.07 Å². The van der Waals surface area contributed by atoms with Crippen LogP contribution in [0.5, 0.6) is 0 Å². The fourth-order valence-corrected chi connectivity index (χ4v) is 3.02. The summed E-state index contributed by atoms with van der Waals surface area (Å²) in [7, 11) is 0. The second kappa shape index (κ2) is 7.48. The Labute approximate surface area is 136 Å². The quantitative estimate of drug-likeness (QED) is 0.880. The summed E-state index contributed by atoms with van der Waals surface area (Å²) in [5, 5.41) is 12.3. The van der Waals surface area contributed by atoms with E-state index in [1.807, 2.05) is 25.1 Å². The van der Waals surface area contributed by atoms with Gasteiger partial charge in [0.25, 0.3) is 0 Å². The van der Waals surface area contributed by atoms with Gasteiger partial charge >= 0.3 is 0 Å². The molecule has 122 valence electrons. The van der Waals surface area contributed by atoms with E-state index in [0.717, 1.165) is 49.6 Å². The second-order valence-electron chi connectivity index (χ2n) is 5.96. The van der Waals surface area contributed by atoms with E-state index in [9.17, 15) is 0 Å². The zero-order valence-corrected chi connectivity index (χ0v) is 13.4. The van der Waals surface area contributed by atoms with Gasteiger partial charge in [0.15, 0.2) is 0 Å². The van der Waals surface area contributed by atoms with Crippen molar-refractivity contribution in [1.82, 2.24) is 19.9 Å². The molecule has 3 rings (SSSR count). The molecule has 6 nitrogen and oxygen atoms in total. The third kappa shape index (κ3) is 4.03. The Hall–Kier alpha value is -2.05. The standard InChI is InChI=1S/C17H23N5O/c1-13-4-2-7-18-16(13)21-17-19-8-6-15(20-17)14-5-3-9-22(12-14)10-11-23/h2,4,6-8,14,23H,3,5,9-12H2,1H3,(H,18,19,20,21). The highest BCUT2D eigenvalue weighted by molar-refractivity contribution is 5.52. The maximum atomic E-state index is 9.13. The van der Waals surface area contributed by atoms with Gasteiger partial charge < -0.3 is 15.3 Å². The summed E-state index contributed by atoms with van der Waals surface area (Å²) in [5.74, 6) is 1.77. The summed E-state index contributed by atoms with van der Waals surface area (Å²) in [4.78, 5) is 15.6. The SMILES string of the molecule is Cc1cccnc1Nc1nccc(C2CCCN(CCO)C2)n1. The van der Waals surface area contributed by atoms with Gasteiger partial charge in [0.2, 0.25) is 5.95 Å². The Morgan fingerprint density at radius 3 is 3.04 bits per heavy atom. The third-order valence-electron chi connectivity index (χ3n) is 4.26. The van der Waals surface area contributed by atoms with Gasteiger partial charge in [-0.15, -0.1) is 0 Å². The number of likely N-dealkylation sites (tertiary alicyclic amines) is 1. The number of rotatable bonds is 5. The van der Waals surface area contributed by atoms with Gasteiger partial charge in [0, 0.05) is 31.4 Å². The minimum atomic E-state index is 0.211. The van der Waals surface area contributed by atoms with Crippen molar-refractivity contribution >= 4 is 11.8 Å². The van der Waals surface area contributed by atoms with Gasteiger partial charge in [0.1, 0.15) is 5.82 Å². The normalized spacial score (nSPS) is 18.8. The summed E-state index contributed by atoms with van der Waals surface area (Å²) in [6, 6.07) is 5.91. The molecule has 1 aliphatic rings. The van der Waals surface area contributed by atoms with Crippen molar-refractivity contribution in [3.05, 3.63) is 41.9 Å². The van der Waals surface area contributed by atoms with Crippen molar-refractivity contribution in [2.24, 2.45) is 0 Å². The van der Waals surface area contributed by atoms with Crippen LogP contribution >= 0.6 is 0 Å². The summed E-state index contributed by atoms with van der Waals surface area (Å²) < 4.78 is 0. The molecule has 1 aliphatic heterocycles. The lowest BCUT2D eigenvalue weighted by atomic mass is 9.94. The summed E-state index contributed by atoms with van der Waals surface area (Å²) in [6.45, 7) is 4.95. The molecule has 6 heteroatoms. The van der Waals surface area contributed by atoms with E-state index in [1.54, 1.807) is 12.4 Å². The van der Waals surface area contributed by atoms with Crippen LogP contribution in [0.2, 0.25) is 0 Å². The van der Waals surface area contributed by atoms with E-state index in [2.05, 4.69) is 25.2 Å². The van der Waals surface area contributed by atoms with E-state index in [1.165, 1.54) is 0 Å². The number of aromatic nitrogens is 3. The van der Waals surface area contributed by atoms with Crippen LogP contribution in [0.4, 0.5) is 11.8 Å². The largest absolute Gasteiger partial charge is 0.395 e. The third-order valence-corrected chi connectivity index (χ3v) is 4.26. The van der Waals surface area contributed by atoms with Gasteiger partial charge in [-0.3, -0.25) is 0 Å². The molecule has 0 aromatic carbocycles. The van der Waals surface area contributed by atoms with Gasteiger partial charge in [-0.25, -0.2) is 15.0 Å². The Morgan fingerprint density at radius 1 is 1.30 bits per heavy atom. The fraction of sp³-hybridized carbons (Fsp3) is 0.471. The molecule has 0 saturated carbocycles. The molecule has 0 amide bonds. The molecule has 2 aromatic rings. The second-order valence-corrected chi connectivity index (χ2v) is 5.96. The van der Waals surface area contributed by atoms with Crippen molar-refractivity contribution < 1.29 is 5.11 Å². The van der Waals surface area contributed by atoms with E-state index in [-0.39, 0.29) is 6.61 Å². The number of hydrogen-bond donors (Lipinski definition) is 2. The minimum Gasteiger partial charge on any atom is -0.395 e. The van der Waals surface area contributed by atoms with Crippen LogP contribution in [-0.4, -0.2) is 51.2 Å². The van der Waals surface area contributed by atoms with Crippen molar-refractivity contribution in [2.75, 3.05) is 31.6 Å². The number of pyridine rings is 1. The molecule has 1 fully saturated rings. The molecule has 1 atom stereocenters. The molecule has 3 heterocycles. The monoisotopic (exact) mass is 313 g/mol. The topological polar surface area (TPSA) is 74.2 Å². The van der Waals surface area contributed by atoms with Gasteiger partial charge in [-0.05, 0) is 44.0 Å². The van der Waals surface area contributed by atoms with Crippen LogP contribution < -0.4 is 5.32 Å². The highest BCUT2D eigenvalue weighted by Crippen LogP contribution is 2.26. The first-order chi connectivity index (χ1) is 11.3. The molecule has 0 bridgehead atoms. The van der Waals surface area contributed by atoms with E-state index in [0.29, 0.717) is 11.9 Å². The maximum Gasteiger partial charge on any atom is 0.228 e. The van der Waals surface area contributed by atoms with Crippen LogP contribution in [0, 0.1) is 6.92 Å². The molecule has 2 aromatic heterocycles. The predicted octanol–water partition coefficient (Wildman–Crippen LogP) is 2.10. The summed E-state index contributed by atoms with van der Waals surface area (Å²) in [5.41, 5.74) is 2.12.